The minimum atomic E-state index is -0.626. The van der Waals surface area contributed by atoms with Crippen LogP contribution in [0.2, 0.25) is 0 Å². The van der Waals surface area contributed by atoms with E-state index >= 15 is 0 Å². The van der Waals surface area contributed by atoms with Gasteiger partial charge in [-0.2, -0.15) is 0 Å². The molecule has 2 N–H and O–H groups in total. The van der Waals surface area contributed by atoms with Crippen LogP contribution in [0, 0.1) is 5.82 Å². The minimum Gasteiger partial charge on any atom is -0.496 e. The topological polar surface area (TPSA) is 84.6 Å². The monoisotopic (exact) mass is 393 g/mol. The zero-order valence-electron chi connectivity index (χ0n) is 16.0. The van der Waals surface area contributed by atoms with E-state index in [1.807, 2.05) is 18.2 Å². The number of methoxy groups -OCH3 is 1. The summed E-state index contributed by atoms with van der Waals surface area (Å²) in [5, 5.41) is 21.1. The molecular formula is C21H20FN5O2. The maximum Gasteiger partial charge on any atom is 0.170 e. The van der Waals surface area contributed by atoms with Gasteiger partial charge in [0.1, 0.15) is 23.7 Å². The first-order valence-corrected chi connectivity index (χ1v) is 9.11. The van der Waals surface area contributed by atoms with Crippen molar-refractivity contribution in [3.63, 3.8) is 0 Å². The van der Waals surface area contributed by atoms with E-state index in [1.165, 1.54) is 13.2 Å². The summed E-state index contributed by atoms with van der Waals surface area (Å²) in [6.45, 7) is 1.91. The number of anilines is 1. The molecule has 0 aliphatic carbocycles. The summed E-state index contributed by atoms with van der Waals surface area (Å²) in [7, 11) is 1.52. The lowest BCUT2D eigenvalue weighted by molar-refractivity contribution is 0.194. The summed E-state index contributed by atoms with van der Waals surface area (Å²) >= 11 is 0. The fourth-order valence-corrected chi connectivity index (χ4v) is 3.17. The SMILES string of the molecule is COc1cccc(F)c1CNc1ccc(-c2ccc(C(C)O)nc2)c2nncn12. The molecule has 0 amide bonds. The molecule has 1 aromatic carbocycles. The average molecular weight is 393 g/mol. The van der Waals surface area contributed by atoms with E-state index in [-0.39, 0.29) is 12.4 Å². The van der Waals surface area contributed by atoms with Crippen LogP contribution < -0.4 is 10.1 Å². The summed E-state index contributed by atoms with van der Waals surface area (Å²) in [4.78, 5) is 4.29. The molecule has 7 nitrogen and oxygen atoms in total. The van der Waals surface area contributed by atoms with Crippen LogP contribution in [-0.2, 0) is 6.54 Å². The molecule has 3 heterocycles. The van der Waals surface area contributed by atoms with Gasteiger partial charge in [-0.15, -0.1) is 10.2 Å². The maximum atomic E-state index is 14.2. The number of ether oxygens (including phenoxy) is 1. The van der Waals surface area contributed by atoms with Gasteiger partial charge in [0.15, 0.2) is 5.65 Å². The number of fused-ring (bicyclic) bond motifs is 1. The highest BCUT2D eigenvalue weighted by Gasteiger charge is 2.13. The molecule has 148 valence electrons. The third kappa shape index (κ3) is 3.62. The quantitative estimate of drug-likeness (QED) is 0.521. The second kappa shape index (κ2) is 7.84. The number of hydrogen-bond acceptors (Lipinski definition) is 6. The number of aliphatic hydroxyl groups is 1. The largest absolute Gasteiger partial charge is 0.496 e. The molecule has 8 heteroatoms. The van der Waals surface area contributed by atoms with Crippen molar-refractivity contribution in [2.24, 2.45) is 0 Å². The number of halogens is 1. The van der Waals surface area contributed by atoms with E-state index in [0.29, 0.717) is 28.5 Å². The lowest BCUT2D eigenvalue weighted by Gasteiger charge is -2.14. The Hall–Kier alpha value is -3.52. The summed E-state index contributed by atoms with van der Waals surface area (Å²) in [6, 6.07) is 12.2. The van der Waals surface area contributed by atoms with Crippen molar-refractivity contribution in [3.8, 4) is 16.9 Å². The van der Waals surface area contributed by atoms with Crippen LogP contribution in [0.4, 0.5) is 10.2 Å². The number of benzene rings is 1. The standard InChI is InChI=1S/C21H20FN5O2/c1-13(28)18-8-6-14(10-23-18)15-7-9-20(27-12-25-26-21(15)27)24-11-16-17(22)4-3-5-19(16)29-2/h3-10,12-13,24,28H,11H2,1-2H3. The van der Waals surface area contributed by atoms with Gasteiger partial charge in [0.2, 0.25) is 0 Å². The molecule has 0 bridgehead atoms. The zero-order chi connectivity index (χ0) is 20.4. The Balaban J connectivity index is 1.65. The van der Waals surface area contributed by atoms with Gasteiger partial charge in [-0.05, 0) is 37.3 Å². The zero-order valence-corrected chi connectivity index (χ0v) is 16.0. The first kappa shape index (κ1) is 18.8. The Bertz CT molecular complexity index is 1140. The molecule has 1 atom stereocenters. The fourth-order valence-electron chi connectivity index (χ4n) is 3.17. The van der Waals surface area contributed by atoms with Crippen molar-refractivity contribution in [2.45, 2.75) is 19.6 Å². The first-order valence-electron chi connectivity index (χ1n) is 9.11. The van der Waals surface area contributed by atoms with E-state index in [9.17, 15) is 9.50 Å². The molecular weight excluding hydrogens is 373 g/mol. The van der Waals surface area contributed by atoms with Gasteiger partial charge in [-0.1, -0.05) is 12.1 Å². The fraction of sp³-hybridized carbons (Fsp3) is 0.190. The van der Waals surface area contributed by atoms with E-state index in [1.54, 1.807) is 42.0 Å². The van der Waals surface area contributed by atoms with Gasteiger partial charge >= 0.3 is 0 Å². The van der Waals surface area contributed by atoms with E-state index in [4.69, 9.17) is 4.74 Å². The molecule has 4 aromatic rings. The Labute approximate surface area is 166 Å². The van der Waals surface area contributed by atoms with Crippen molar-refractivity contribution in [2.75, 3.05) is 12.4 Å². The second-order valence-electron chi connectivity index (χ2n) is 6.58. The van der Waals surface area contributed by atoms with Crippen LogP contribution in [0.3, 0.4) is 0 Å². The molecule has 3 aromatic heterocycles. The smallest absolute Gasteiger partial charge is 0.170 e. The number of aliphatic hydroxyl groups excluding tert-OH is 1. The van der Waals surface area contributed by atoms with Crippen LogP contribution in [0.15, 0.2) is 55.0 Å². The predicted molar refractivity (Wildman–Crippen MR) is 107 cm³/mol. The van der Waals surface area contributed by atoms with Crippen molar-refractivity contribution < 1.29 is 14.2 Å². The lowest BCUT2D eigenvalue weighted by atomic mass is 10.1. The Kier molecular flexibility index (Phi) is 5.09. The molecule has 1 unspecified atom stereocenters. The highest BCUT2D eigenvalue weighted by atomic mass is 19.1. The number of nitrogens with zero attached hydrogens (tertiary/aromatic N) is 4. The van der Waals surface area contributed by atoms with E-state index < -0.39 is 6.10 Å². The summed E-state index contributed by atoms with van der Waals surface area (Å²) in [5.41, 5.74) is 3.39. The second-order valence-corrected chi connectivity index (χ2v) is 6.58. The molecule has 0 aliphatic rings. The predicted octanol–water partition coefficient (Wildman–Crippen LogP) is 3.60. The van der Waals surface area contributed by atoms with Crippen LogP contribution in [0.25, 0.3) is 16.8 Å². The van der Waals surface area contributed by atoms with Gasteiger partial charge in [-0.3, -0.25) is 9.38 Å². The van der Waals surface area contributed by atoms with Crippen LogP contribution in [-0.4, -0.2) is 31.8 Å². The molecule has 0 saturated heterocycles. The Morgan fingerprint density at radius 2 is 2.07 bits per heavy atom. The number of hydrogen-bond donors (Lipinski definition) is 2. The third-order valence-corrected chi connectivity index (χ3v) is 4.72. The van der Waals surface area contributed by atoms with E-state index in [2.05, 4.69) is 20.5 Å². The van der Waals surface area contributed by atoms with Gasteiger partial charge in [-0.25, -0.2) is 4.39 Å². The number of rotatable bonds is 6. The normalized spacial score (nSPS) is 12.1. The van der Waals surface area contributed by atoms with Crippen molar-refractivity contribution in [1.29, 1.82) is 0 Å². The van der Waals surface area contributed by atoms with Crippen LogP contribution in [0.5, 0.6) is 5.75 Å². The highest BCUT2D eigenvalue weighted by molar-refractivity contribution is 5.78. The highest BCUT2D eigenvalue weighted by Crippen LogP contribution is 2.27. The molecule has 0 fully saturated rings. The molecule has 0 aliphatic heterocycles. The summed E-state index contributed by atoms with van der Waals surface area (Å²) in [6.07, 6.45) is 2.67. The molecule has 0 spiro atoms. The summed E-state index contributed by atoms with van der Waals surface area (Å²) < 4.78 is 21.2. The van der Waals surface area contributed by atoms with Gasteiger partial charge in [0, 0.05) is 29.4 Å². The average Bonchev–Trinajstić information content (AvgIpc) is 3.23. The summed E-state index contributed by atoms with van der Waals surface area (Å²) in [5.74, 6) is 0.865. The minimum absolute atomic E-state index is 0.243. The van der Waals surface area contributed by atoms with Gasteiger partial charge in [0.25, 0.3) is 0 Å². The van der Waals surface area contributed by atoms with Gasteiger partial charge in [0.05, 0.1) is 18.9 Å². The maximum absolute atomic E-state index is 14.2. The molecule has 0 radical (unpaired) electrons. The first-order chi connectivity index (χ1) is 14.1. The molecule has 4 rings (SSSR count). The number of pyridine rings is 2. The Morgan fingerprint density at radius 1 is 1.21 bits per heavy atom. The molecule has 29 heavy (non-hydrogen) atoms. The van der Waals surface area contributed by atoms with Crippen LogP contribution >= 0.6 is 0 Å². The number of aromatic nitrogens is 4. The Morgan fingerprint density at radius 3 is 2.79 bits per heavy atom. The van der Waals surface area contributed by atoms with Crippen molar-refractivity contribution in [1.82, 2.24) is 19.6 Å². The van der Waals surface area contributed by atoms with Crippen LogP contribution in [0.1, 0.15) is 24.3 Å². The van der Waals surface area contributed by atoms with E-state index in [0.717, 1.165) is 11.1 Å². The van der Waals surface area contributed by atoms with Crippen molar-refractivity contribution >= 4 is 11.5 Å². The molecule has 0 saturated carbocycles. The third-order valence-electron chi connectivity index (χ3n) is 4.72. The lowest BCUT2D eigenvalue weighted by Crippen LogP contribution is -2.07. The number of nitrogens with one attached hydrogen (secondary N) is 1. The van der Waals surface area contributed by atoms with Gasteiger partial charge < -0.3 is 15.2 Å². The van der Waals surface area contributed by atoms with Crippen molar-refractivity contribution in [3.05, 3.63) is 72.1 Å².